The van der Waals surface area contributed by atoms with Crippen LogP contribution >= 0.6 is 0 Å². The molecule has 0 nitrogen and oxygen atoms in total. The normalized spacial score (nSPS) is 9.83. The lowest BCUT2D eigenvalue weighted by atomic mass is 10.0. The molecule has 0 amide bonds. The summed E-state index contributed by atoms with van der Waals surface area (Å²) in [6.45, 7) is 8.09. The number of hydrogen-bond acceptors (Lipinski definition) is 0. The van der Waals surface area contributed by atoms with E-state index in [0.29, 0.717) is 0 Å². The van der Waals surface area contributed by atoms with E-state index in [9.17, 15) is 0 Å². The summed E-state index contributed by atoms with van der Waals surface area (Å²) >= 11 is 0. The highest BCUT2D eigenvalue weighted by atomic mass is 14.0. The fourth-order valence-corrected chi connectivity index (χ4v) is 1.32. The van der Waals surface area contributed by atoms with Crippen LogP contribution in [0.3, 0.4) is 0 Å². The Morgan fingerprint density at radius 3 is 2.75 bits per heavy atom. The molecule has 0 aliphatic carbocycles. The Hall–Kier alpha value is -1.04. The van der Waals surface area contributed by atoms with Gasteiger partial charge in [0.15, 0.2) is 0 Å². The zero-order chi connectivity index (χ0) is 8.97. The molecule has 0 saturated heterocycles. The molecular weight excluding hydrogens is 144 g/mol. The minimum absolute atomic E-state index is 0.986. The molecule has 0 fully saturated rings. The Labute approximate surface area is 74.9 Å². The maximum absolute atomic E-state index is 3.75. The maximum atomic E-state index is 3.75. The van der Waals surface area contributed by atoms with Crippen molar-refractivity contribution in [2.24, 2.45) is 0 Å². The quantitative estimate of drug-likeness (QED) is 0.595. The fraction of sp³-hybridized carbons (Fsp3) is 0.333. The van der Waals surface area contributed by atoms with E-state index in [1.165, 1.54) is 16.7 Å². The van der Waals surface area contributed by atoms with Crippen LogP contribution in [0.5, 0.6) is 0 Å². The first-order chi connectivity index (χ1) is 5.77. The number of aryl methyl sites for hydroxylation is 2. The Bertz CT molecular complexity index is 271. The van der Waals surface area contributed by atoms with E-state index in [0.717, 1.165) is 12.8 Å². The summed E-state index contributed by atoms with van der Waals surface area (Å²) in [5.74, 6) is 0. The van der Waals surface area contributed by atoms with Gasteiger partial charge in [-0.3, -0.25) is 0 Å². The standard InChI is InChI=1S/C12H16/c1-4-6-12-9-11(5-2)8-7-10(12)3/h4,7-9H,1,5-6H2,2-3H3. The minimum atomic E-state index is 0.986. The Morgan fingerprint density at radius 1 is 1.42 bits per heavy atom. The maximum Gasteiger partial charge on any atom is -0.00974 e. The van der Waals surface area contributed by atoms with Crippen molar-refractivity contribution in [1.29, 1.82) is 0 Å². The van der Waals surface area contributed by atoms with Crippen LogP contribution in [0.4, 0.5) is 0 Å². The number of hydrogen-bond donors (Lipinski definition) is 0. The van der Waals surface area contributed by atoms with Crippen molar-refractivity contribution in [3.63, 3.8) is 0 Å². The van der Waals surface area contributed by atoms with E-state index in [2.05, 4.69) is 38.6 Å². The highest BCUT2D eigenvalue weighted by Crippen LogP contribution is 2.12. The van der Waals surface area contributed by atoms with Gasteiger partial charge >= 0.3 is 0 Å². The number of benzene rings is 1. The van der Waals surface area contributed by atoms with Gasteiger partial charge in [0.25, 0.3) is 0 Å². The molecule has 0 saturated carbocycles. The van der Waals surface area contributed by atoms with Crippen LogP contribution in [0.2, 0.25) is 0 Å². The molecule has 0 aliphatic heterocycles. The van der Waals surface area contributed by atoms with E-state index in [1.807, 2.05) is 6.08 Å². The first-order valence-corrected chi connectivity index (χ1v) is 4.47. The van der Waals surface area contributed by atoms with E-state index < -0.39 is 0 Å². The lowest BCUT2D eigenvalue weighted by Gasteiger charge is -2.04. The van der Waals surface area contributed by atoms with Gasteiger partial charge in [-0.15, -0.1) is 6.58 Å². The molecule has 0 heterocycles. The molecule has 0 aliphatic rings. The molecule has 0 aromatic heterocycles. The highest BCUT2D eigenvalue weighted by molar-refractivity contribution is 5.32. The van der Waals surface area contributed by atoms with Gasteiger partial charge in [-0.2, -0.15) is 0 Å². The molecule has 0 N–H and O–H groups in total. The number of allylic oxidation sites excluding steroid dienone is 1. The zero-order valence-corrected chi connectivity index (χ0v) is 7.93. The fourth-order valence-electron chi connectivity index (χ4n) is 1.32. The van der Waals surface area contributed by atoms with Crippen LogP contribution in [0.25, 0.3) is 0 Å². The van der Waals surface area contributed by atoms with Crippen molar-refractivity contribution in [1.82, 2.24) is 0 Å². The molecule has 12 heavy (non-hydrogen) atoms. The summed E-state index contributed by atoms with van der Waals surface area (Å²) in [4.78, 5) is 0. The van der Waals surface area contributed by atoms with E-state index in [-0.39, 0.29) is 0 Å². The van der Waals surface area contributed by atoms with Gasteiger partial charge in [0, 0.05) is 0 Å². The molecule has 0 spiro atoms. The largest absolute Gasteiger partial charge is 0.103 e. The minimum Gasteiger partial charge on any atom is -0.103 e. The van der Waals surface area contributed by atoms with Gasteiger partial charge in [-0.25, -0.2) is 0 Å². The molecule has 64 valence electrons. The van der Waals surface area contributed by atoms with E-state index >= 15 is 0 Å². The van der Waals surface area contributed by atoms with Crippen LogP contribution in [-0.4, -0.2) is 0 Å². The topological polar surface area (TPSA) is 0 Å². The molecule has 0 bridgehead atoms. The molecular formula is C12H16. The summed E-state index contributed by atoms with van der Waals surface area (Å²) in [6.07, 6.45) is 4.06. The third-order valence-corrected chi connectivity index (χ3v) is 2.19. The summed E-state index contributed by atoms with van der Waals surface area (Å²) in [6, 6.07) is 6.66. The molecule has 0 heteroatoms. The molecule has 0 unspecified atom stereocenters. The van der Waals surface area contributed by atoms with Crippen LogP contribution in [0.15, 0.2) is 30.9 Å². The van der Waals surface area contributed by atoms with Crippen molar-refractivity contribution in [2.45, 2.75) is 26.7 Å². The van der Waals surface area contributed by atoms with Crippen LogP contribution in [0, 0.1) is 6.92 Å². The van der Waals surface area contributed by atoms with Crippen LogP contribution in [-0.2, 0) is 12.8 Å². The lowest BCUT2D eigenvalue weighted by molar-refractivity contribution is 1.10. The molecule has 1 aromatic rings. The van der Waals surface area contributed by atoms with Gasteiger partial charge in [0.05, 0.1) is 0 Å². The number of rotatable bonds is 3. The summed E-state index contributed by atoms with van der Waals surface area (Å²) in [5.41, 5.74) is 4.19. The molecule has 0 radical (unpaired) electrons. The lowest BCUT2D eigenvalue weighted by Crippen LogP contribution is -1.89. The Balaban J connectivity index is 2.99. The molecule has 0 atom stereocenters. The van der Waals surface area contributed by atoms with Crippen molar-refractivity contribution >= 4 is 0 Å². The van der Waals surface area contributed by atoms with Crippen molar-refractivity contribution in [3.05, 3.63) is 47.5 Å². The van der Waals surface area contributed by atoms with Gasteiger partial charge in [0.2, 0.25) is 0 Å². The third kappa shape index (κ3) is 1.97. The van der Waals surface area contributed by atoms with Gasteiger partial charge < -0.3 is 0 Å². The average molecular weight is 160 g/mol. The second kappa shape index (κ2) is 4.10. The first kappa shape index (κ1) is 9.05. The summed E-state index contributed by atoms with van der Waals surface area (Å²) in [7, 11) is 0. The zero-order valence-electron chi connectivity index (χ0n) is 7.93. The Morgan fingerprint density at radius 2 is 2.17 bits per heavy atom. The smallest absolute Gasteiger partial charge is 0.00974 e. The second-order valence-electron chi connectivity index (χ2n) is 3.11. The van der Waals surface area contributed by atoms with Crippen molar-refractivity contribution in [3.8, 4) is 0 Å². The summed E-state index contributed by atoms with van der Waals surface area (Å²) < 4.78 is 0. The van der Waals surface area contributed by atoms with Gasteiger partial charge in [0.1, 0.15) is 0 Å². The van der Waals surface area contributed by atoms with Crippen molar-refractivity contribution in [2.75, 3.05) is 0 Å². The van der Waals surface area contributed by atoms with Crippen molar-refractivity contribution < 1.29 is 0 Å². The van der Waals surface area contributed by atoms with Crippen LogP contribution in [0.1, 0.15) is 23.6 Å². The summed E-state index contributed by atoms with van der Waals surface area (Å²) in [5, 5.41) is 0. The van der Waals surface area contributed by atoms with Crippen LogP contribution < -0.4 is 0 Å². The van der Waals surface area contributed by atoms with E-state index in [4.69, 9.17) is 0 Å². The predicted molar refractivity (Wildman–Crippen MR) is 54.5 cm³/mol. The average Bonchev–Trinajstić information content (AvgIpc) is 2.09. The van der Waals surface area contributed by atoms with Gasteiger partial charge in [-0.1, -0.05) is 31.2 Å². The first-order valence-electron chi connectivity index (χ1n) is 4.47. The SMILES string of the molecule is C=CCc1cc(CC)ccc1C. The Kier molecular flexibility index (Phi) is 3.09. The second-order valence-corrected chi connectivity index (χ2v) is 3.11. The highest BCUT2D eigenvalue weighted by Gasteiger charge is 1.96. The third-order valence-electron chi connectivity index (χ3n) is 2.19. The predicted octanol–water partition coefficient (Wildman–Crippen LogP) is 3.29. The van der Waals surface area contributed by atoms with Gasteiger partial charge in [-0.05, 0) is 36.5 Å². The molecule has 1 rings (SSSR count). The van der Waals surface area contributed by atoms with E-state index in [1.54, 1.807) is 0 Å². The molecule has 1 aromatic carbocycles. The monoisotopic (exact) mass is 160 g/mol.